The predicted molar refractivity (Wildman–Crippen MR) is 61.2 cm³/mol. The molecule has 3 nitrogen and oxygen atoms in total. The number of nitrogens with zero attached hydrogens (tertiary/aromatic N) is 1. The van der Waals surface area contributed by atoms with E-state index in [9.17, 15) is 9.18 Å². The number of Topliss-reactive ketones (excluding diaryl/α,β-unsaturated/α-hetero) is 1. The summed E-state index contributed by atoms with van der Waals surface area (Å²) in [7, 11) is 1.36. The van der Waals surface area contributed by atoms with Crippen molar-refractivity contribution in [2.45, 2.75) is 13.8 Å². The Morgan fingerprint density at radius 1 is 1.47 bits per heavy atom. The van der Waals surface area contributed by atoms with E-state index in [2.05, 4.69) is 0 Å². The van der Waals surface area contributed by atoms with Crippen LogP contribution in [0.15, 0.2) is 18.2 Å². The minimum Gasteiger partial charge on any atom is -0.496 e. The summed E-state index contributed by atoms with van der Waals surface area (Å²) in [6, 6.07) is 6.06. The van der Waals surface area contributed by atoms with E-state index in [1.807, 2.05) is 6.07 Å². The molecular formula is C13H14FNO2. The SMILES string of the molecule is COc1cccc(F)c1C(=O)C(C#N)C(C)C. The molecule has 0 spiro atoms. The van der Waals surface area contributed by atoms with Crippen molar-refractivity contribution in [1.82, 2.24) is 0 Å². The van der Waals surface area contributed by atoms with E-state index < -0.39 is 17.5 Å². The van der Waals surface area contributed by atoms with Gasteiger partial charge in [0.2, 0.25) is 0 Å². The Kier molecular flexibility index (Phi) is 4.22. The lowest BCUT2D eigenvalue weighted by Gasteiger charge is -2.14. The number of ether oxygens (including phenoxy) is 1. The van der Waals surface area contributed by atoms with Crippen LogP contribution in [0.4, 0.5) is 4.39 Å². The molecule has 1 atom stereocenters. The lowest BCUT2D eigenvalue weighted by Crippen LogP contribution is -2.20. The fourth-order valence-corrected chi connectivity index (χ4v) is 1.58. The van der Waals surface area contributed by atoms with Crippen molar-refractivity contribution in [2.75, 3.05) is 7.11 Å². The number of hydrogen-bond acceptors (Lipinski definition) is 3. The molecule has 0 aromatic heterocycles. The monoisotopic (exact) mass is 235 g/mol. The molecule has 0 radical (unpaired) electrons. The van der Waals surface area contributed by atoms with E-state index in [4.69, 9.17) is 10.00 Å². The van der Waals surface area contributed by atoms with Gasteiger partial charge in [0.15, 0.2) is 5.78 Å². The van der Waals surface area contributed by atoms with Crippen LogP contribution in [-0.4, -0.2) is 12.9 Å². The van der Waals surface area contributed by atoms with Gasteiger partial charge in [-0.25, -0.2) is 4.39 Å². The summed E-state index contributed by atoms with van der Waals surface area (Å²) in [5.41, 5.74) is -0.143. The molecule has 0 aliphatic heterocycles. The molecule has 0 amide bonds. The van der Waals surface area contributed by atoms with Gasteiger partial charge in [0, 0.05) is 0 Å². The van der Waals surface area contributed by atoms with Crippen molar-refractivity contribution in [2.24, 2.45) is 11.8 Å². The maximum Gasteiger partial charge on any atom is 0.186 e. The summed E-state index contributed by atoms with van der Waals surface area (Å²) < 4.78 is 18.6. The van der Waals surface area contributed by atoms with Crippen molar-refractivity contribution >= 4 is 5.78 Å². The topological polar surface area (TPSA) is 50.1 Å². The molecule has 17 heavy (non-hydrogen) atoms. The Balaban J connectivity index is 3.25. The van der Waals surface area contributed by atoms with Crippen LogP contribution in [0.5, 0.6) is 5.75 Å². The van der Waals surface area contributed by atoms with Crippen LogP contribution >= 0.6 is 0 Å². The Morgan fingerprint density at radius 3 is 2.59 bits per heavy atom. The molecule has 1 aromatic rings. The van der Waals surface area contributed by atoms with Gasteiger partial charge < -0.3 is 4.74 Å². The summed E-state index contributed by atoms with van der Waals surface area (Å²) in [5.74, 6) is -2.05. The first-order valence-electron chi connectivity index (χ1n) is 5.29. The van der Waals surface area contributed by atoms with E-state index in [1.165, 1.54) is 25.3 Å². The van der Waals surface area contributed by atoms with E-state index in [0.29, 0.717) is 0 Å². The zero-order chi connectivity index (χ0) is 13.0. The first kappa shape index (κ1) is 13.2. The van der Waals surface area contributed by atoms with Gasteiger partial charge in [-0.05, 0) is 18.1 Å². The number of ketones is 1. The highest BCUT2D eigenvalue weighted by Crippen LogP contribution is 2.26. The van der Waals surface area contributed by atoms with Gasteiger partial charge in [0.1, 0.15) is 17.5 Å². The van der Waals surface area contributed by atoms with Crippen LogP contribution in [0.25, 0.3) is 0 Å². The fourth-order valence-electron chi connectivity index (χ4n) is 1.58. The van der Waals surface area contributed by atoms with E-state index >= 15 is 0 Å². The first-order valence-corrected chi connectivity index (χ1v) is 5.29. The molecule has 0 saturated heterocycles. The Morgan fingerprint density at radius 2 is 2.12 bits per heavy atom. The maximum absolute atomic E-state index is 13.6. The Labute approximate surface area is 99.8 Å². The quantitative estimate of drug-likeness (QED) is 0.754. The Bertz CT molecular complexity index is 463. The highest BCUT2D eigenvalue weighted by molar-refractivity contribution is 6.02. The van der Waals surface area contributed by atoms with Crippen LogP contribution < -0.4 is 4.74 Å². The van der Waals surface area contributed by atoms with Gasteiger partial charge in [-0.2, -0.15) is 5.26 Å². The minimum atomic E-state index is -0.860. The largest absolute Gasteiger partial charge is 0.496 e. The molecule has 0 N–H and O–H groups in total. The second-order valence-electron chi connectivity index (χ2n) is 4.03. The van der Waals surface area contributed by atoms with Crippen molar-refractivity contribution in [3.05, 3.63) is 29.6 Å². The standard InChI is InChI=1S/C13H14FNO2/c1-8(2)9(7-15)13(16)12-10(14)5-4-6-11(12)17-3/h4-6,8-9H,1-3H3. The van der Waals surface area contributed by atoms with Crippen LogP contribution in [-0.2, 0) is 0 Å². The number of rotatable bonds is 4. The number of methoxy groups -OCH3 is 1. The molecule has 1 unspecified atom stereocenters. The van der Waals surface area contributed by atoms with Gasteiger partial charge in [-0.3, -0.25) is 4.79 Å². The van der Waals surface area contributed by atoms with Crippen LogP contribution in [0, 0.1) is 29.0 Å². The number of hydrogen-bond donors (Lipinski definition) is 0. The van der Waals surface area contributed by atoms with Crippen LogP contribution in [0.3, 0.4) is 0 Å². The fraction of sp³-hybridized carbons (Fsp3) is 0.385. The highest BCUT2D eigenvalue weighted by atomic mass is 19.1. The highest BCUT2D eigenvalue weighted by Gasteiger charge is 2.28. The average Bonchev–Trinajstić information content (AvgIpc) is 2.28. The molecule has 1 aromatic carbocycles. The van der Waals surface area contributed by atoms with Crippen LogP contribution in [0.1, 0.15) is 24.2 Å². The zero-order valence-electron chi connectivity index (χ0n) is 10.0. The molecule has 0 heterocycles. The summed E-state index contributed by atoms with van der Waals surface area (Å²) >= 11 is 0. The molecule has 0 saturated carbocycles. The summed E-state index contributed by atoms with van der Waals surface area (Å²) in [4.78, 5) is 12.1. The Hall–Kier alpha value is -1.89. The van der Waals surface area contributed by atoms with Crippen molar-refractivity contribution < 1.29 is 13.9 Å². The van der Waals surface area contributed by atoms with E-state index in [1.54, 1.807) is 13.8 Å². The molecule has 1 rings (SSSR count). The molecule has 0 aliphatic rings. The molecule has 0 aliphatic carbocycles. The van der Waals surface area contributed by atoms with Gasteiger partial charge >= 0.3 is 0 Å². The molecule has 0 bridgehead atoms. The third-order valence-electron chi connectivity index (χ3n) is 2.53. The third kappa shape index (κ3) is 2.62. The number of carbonyl (C=O) groups is 1. The second kappa shape index (κ2) is 5.44. The minimum absolute atomic E-state index is 0.143. The smallest absolute Gasteiger partial charge is 0.186 e. The summed E-state index contributed by atoms with van der Waals surface area (Å²) in [6.07, 6.45) is 0. The van der Waals surface area contributed by atoms with Gasteiger partial charge in [-0.15, -0.1) is 0 Å². The van der Waals surface area contributed by atoms with Crippen molar-refractivity contribution in [3.8, 4) is 11.8 Å². The molecule has 4 heteroatoms. The maximum atomic E-state index is 13.6. The van der Waals surface area contributed by atoms with Crippen LogP contribution in [0.2, 0.25) is 0 Å². The lowest BCUT2D eigenvalue weighted by molar-refractivity contribution is 0.0917. The van der Waals surface area contributed by atoms with Crippen molar-refractivity contribution in [3.63, 3.8) is 0 Å². The summed E-state index contributed by atoms with van der Waals surface area (Å²) in [5, 5.41) is 8.95. The molecule has 90 valence electrons. The lowest BCUT2D eigenvalue weighted by atomic mass is 9.88. The zero-order valence-corrected chi connectivity index (χ0v) is 10.0. The first-order chi connectivity index (χ1) is 8.02. The average molecular weight is 235 g/mol. The van der Waals surface area contributed by atoms with Gasteiger partial charge in [-0.1, -0.05) is 19.9 Å². The number of halogens is 1. The third-order valence-corrected chi connectivity index (χ3v) is 2.53. The van der Waals surface area contributed by atoms with Gasteiger partial charge in [0.25, 0.3) is 0 Å². The second-order valence-corrected chi connectivity index (χ2v) is 4.03. The molecular weight excluding hydrogens is 221 g/mol. The summed E-state index contributed by atoms with van der Waals surface area (Å²) in [6.45, 7) is 3.50. The number of nitriles is 1. The normalized spacial score (nSPS) is 12.0. The van der Waals surface area contributed by atoms with Crippen molar-refractivity contribution in [1.29, 1.82) is 5.26 Å². The number of carbonyl (C=O) groups excluding carboxylic acids is 1. The predicted octanol–water partition coefficient (Wildman–Crippen LogP) is 2.81. The molecule has 0 fully saturated rings. The van der Waals surface area contributed by atoms with E-state index in [0.717, 1.165) is 0 Å². The van der Waals surface area contributed by atoms with Gasteiger partial charge in [0.05, 0.1) is 18.7 Å². The number of benzene rings is 1. The van der Waals surface area contributed by atoms with E-state index in [-0.39, 0.29) is 17.2 Å².